The molecule has 1 saturated heterocycles. The molecule has 0 bridgehead atoms. The van der Waals surface area contributed by atoms with Crippen LogP contribution in [0.2, 0.25) is 0 Å². The van der Waals surface area contributed by atoms with Gasteiger partial charge in [-0.15, -0.1) is 0 Å². The monoisotopic (exact) mass is 558 g/mol. The standard InChI is InChI=1S/C30H25F3N6O2/c31-30(32,33)21-6-7-23(24(14-21)29(35)40)26-16-41-11-10-38(26)22-3-1-2-19(12-22)20-5-4-18-8-9-39(25(18)13-20)28-15-27(34)36-17-37-28/h1-9,12-15,17,26H,10-11,16H2,(H2,35,40)(H2,34,36,37). The van der Waals surface area contributed by atoms with E-state index in [1.807, 2.05) is 58.1 Å². The van der Waals surface area contributed by atoms with Crippen LogP contribution < -0.4 is 16.4 Å². The Balaban J connectivity index is 1.38. The first-order valence-electron chi connectivity index (χ1n) is 12.8. The van der Waals surface area contributed by atoms with Crippen LogP contribution in [0.5, 0.6) is 0 Å². The maximum absolute atomic E-state index is 13.4. The van der Waals surface area contributed by atoms with E-state index < -0.39 is 23.7 Å². The van der Waals surface area contributed by atoms with E-state index in [9.17, 15) is 18.0 Å². The Labute approximate surface area is 233 Å². The van der Waals surface area contributed by atoms with Gasteiger partial charge in [0.15, 0.2) is 0 Å². The molecule has 0 saturated carbocycles. The van der Waals surface area contributed by atoms with Crippen molar-refractivity contribution >= 4 is 28.3 Å². The molecule has 1 amide bonds. The lowest BCUT2D eigenvalue weighted by Gasteiger charge is -2.38. The summed E-state index contributed by atoms with van der Waals surface area (Å²) in [4.78, 5) is 22.6. The first kappa shape index (κ1) is 26.3. The van der Waals surface area contributed by atoms with Gasteiger partial charge in [-0.25, -0.2) is 9.97 Å². The predicted molar refractivity (Wildman–Crippen MR) is 150 cm³/mol. The molecule has 0 spiro atoms. The van der Waals surface area contributed by atoms with Crippen LogP contribution in [0, 0.1) is 0 Å². The van der Waals surface area contributed by atoms with Gasteiger partial charge in [0.1, 0.15) is 18.0 Å². The van der Waals surface area contributed by atoms with Crippen molar-refractivity contribution in [3.8, 4) is 16.9 Å². The van der Waals surface area contributed by atoms with Gasteiger partial charge < -0.3 is 25.7 Å². The summed E-state index contributed by atoms with van der Waals surface area (Å²) in [5.41, 5.74) is 14.4. The molecule has 1 aliphatic rings. The molecule has 0 aliphatic carbocycles. The van der Waals surface area contributed by atoms with E-state index in [4.69, 9.17) is 16.2 Å². The molecule has 1 atom stereocenters. The summed E-state index contributed by atoms with van der Waals surface area (Å²) >= 11 is 0. The number of halogens is 3. The highest BCUT2D eigenvalue weighted by atomic mass is 19.4. The number of aromatic nitrogens is 3. The van der Waals surface area contributed by atoms with Crippen LogP contribution in [0.3, 0.4) is 0 Å². The first-order chi connectivity index (χ1) is 19.7. The third-order valence-electron chi connectivity index (χ3n) is 7.26. The van der Waals surface area contributed by atoms with Crippen molar-refractivity contribution in [2.24, 2.45) is 5.73 Å². The Bertz CT molecular complexity index is 1770. The maximum atomic E-state index is 13.4. The summed E-state index contributed by atoms with van der Waals surface area (Å²) in [5.74, 6) is 0.0942. The number of ether oxygens (including phenoxy) is 1. The van der Waals surface area contributed by atoms with Crippen molar-refractivity contribution in [3.05, 3.63) is 102 Å². The highest BCUT2D eigenvalue weighted by molar-refractivity contribution is 5.95. The molecule has 6 rings (SSSR count). The van der Waals surface area contributed by atoms with E-state index in [2.05, 4.69) is 16.0 Å². The number of carbonyl (C=O) groups is 1. The molecule has 5 aromatic rings. The van der Waals surface area contributed by atoms with Crippen LogP contribution in [0.1, 0.15) is 27.5 Å². The molecule has 3 heterocycles. The van der Waals surface area contributed by atoms with E-state index in [1.54, 1.807) is 6.07 Å². The summed E-state index contributed by atoms with van der Waals surface area (Å²) in [6.45, 7) is 1.09. The van der Waals surface area contributed by atoms with Gasteiger partial charge in [-0.3, -0.25) is 4.79 Å². The minimum atomic E-state index is -4.60. The lowest BCUT2D eigenvalue weighted by Crippen LogP contribution is -2.40. The molecule has 2 aromatic heterocycles. The summed E-state index contributed by atoms with van der Waals surface area (Å²) in [6, 6.07) is 20.3. The van der Waals surface area contributed by atoms with Gasteiger partial charge in [-0.05, 0) is 53.1 Å². The number of nitrogens with two attached hydrogens (primary N) is 2. The van der Waals surface area contributed by atoms with Crippen molar-refractivity contribution in [1.29, 1.82) is 0 Å². The molecular weight excluding hydrogens is 533 g/mol. The third kappa shape index (κ3) is 5.07. The third-order valence-corrected chi connectivity index (χ3v) is 7.26. The number of alkyl halides is 3. The van der Waals surface area contributed by atoms with Gasteiger partial charge in [-0.1, -0.05) is 30.3 Å². The Hall–Kier alpha value is -4.90. The summed E-state index contributed by atoms with van der Waals surface area (Å²) in [6.07, 6.45) is -1.25. The molecule has 8 nitrogen and oxygen atoms in total. The van der Waals surface area contributed by atoms with E-state index in [0.29, 0.717) is 30.4 Å². The number of anilines is 2. The van der Waals surface area contributed by atoms with Gasteiger partial charge in [0.05, 0.1) is 30.3 Å². The lowest BCUT2D eigenvalue weighted by atomic mass is 9.95. The van der Waals surface area contributed by atoms with Gasteiger partial charge in [0, 0.05) is 35.4 Å². The fraction of sp³-hybridized carbons (Fsp3) is 0.167. The van der Waals surface area contributed by atoms with Crippen molar-refractivity contribution in [1.82, 2.24) is 14.5 Å². The molecule has 1 unspecified atom stereocenters. The second-order valence-corrected chi connectivity index (χ2v) is 9.76. The van der Waals surface area contributed by atoms with Crippen molar-refractivity contribution in [2.75, 3.05) is 30.4 Å². The molecule has 1 fully saturated rings. The molecule has 1 aliphatic heterocycles. The van der Waals surface area contributed by atoms with Crippen molar-refractivity contribution in [3.63, 3.8) is 0 Å². The zero-order valence-corrected chi connectivity index (χ0v) is 21.7. The molecule has 0 radical (unpaired) electrons. The highest BCUT2D eigenvalue weighted by Gasteiger charge is 2.34. The van der Waals surface area contributed by atoms with Gasteiger partial charge in [0.2, 0.25) is 5.91 Å². The fourth-order valence-electron chi connectivity index (χ4n) is 5.27. The largest absolute Gasteiger partial charge is 0.416 e. The number of hydrogen-bond donors (Lipinski definition) is 2. The van der Waals surface area contributed by atoms with Crippen LogP contribution in [-0.2, 0) is 10.9 Å². The van der Waals surface area contributed by atoms with Crippen molar-refractivity contribution in [2.45, 2.75) is 12.2 Å². The summed E-state index contributed by atoms with van der Waals surface area (Å²) < 4.78 is 47.7. The number of rotatable bonds is 5. The zero-order valence-electron chi connectivity index (χ0n) is 21.7. The van der Waals surface area contributed by atoms with E-state index in [0.717, 1.165) is 39.8 Å². The average Bonchev–Trinajstić information content (AvgIpc) is 3.40. The van der Waals surface area contributed by atoms with Crippen LogP contribution in [0.25, 0.3) is 27.8 Å². The van der Waals surface area contributed by atoms with E-state index in [1.165, 1.54) is 12.4 Å². The Morgan fingerprint density at radius 2 is 1.80 bits per heavy atom. The SMILES string of the molecule is NC(=O)c1cc(C(F)(F)F)ccc1C1COCCN1c1cccc(-c2ccc3ccn(-c4cc(N)ncn4)c3c2)c1. The number of benzene rings is 3. The lowest BCUT2D eigenvalue weighted by molar-refractivity contribution is -0.137. The highest BCUT2D eigenvalue weighted by Crippen LogP contribution is 2.37. The van der Waals surface area contributed by atoms with Gasteiger partial charge >= 0.3 is 6.18 Å². The number of amides is 1. The molecule has 11 heteroatoms. The van der Waals surface area contributed by atoms with Crippen LogP contribution in [0.15, 0.2) is 85.3 Å². The average molecular weight is 559 g/mol. The molecular formula is C30H25F3N6O2. The number of fused-ring (bicyclic) bond motifs is 1. The molecule has 41 heavy (non-hydrogen) atoms. The quantitative estimate of drug-likeness (QED) is 0.300. The van der Waals surface area contributed by atoms with Crippen LogP contribution in [0.4, 0.5) is 24.7 Å². The molecule has 3 aromatic carbocycles. The minimum absolute atomic E-state index is 0.173. The summed E-state index contributed by atoms with van der Waals surface area (Å²) in [7, 11) is 0. The van der Waals surface area contributed by atoms with E-state index in [-0.39, 0.29) is 12.2 Å². The van der Waals surface area contributed by atoms with Crippen LogP contribution in [-0.4, -0.2) is 40.2 Å². The topological polar surface area (TPSA) is 112 Å². The predicted octanol–water partition coefficient (Wildman–Crippen LogP) is 5.37. The number of primary amides is 1. The smallest absolute Gasteiger partial charge is 0.384 e. The van der Waals surface area contributed by atoms with E-state index >= 15 is 0 Å². The number of nitrogen functional groups attached to an aromatic ring is 1. The number of nitrogens with zero attached hydrogens (tertiary/aromatic N) is 4. The Morgan fingerprint density at radius 3 is 2.59 bits per heavy atom. The second-order valence-electron chi connectivity index (χ2n) is 9.76. The Kier molecular flexibility index (Phi) is 6.58. The first-order valence-corrected chi connectivity index (χ1v) is 12.8. The van der Waals surface area contributed by atoms with Gasteiger partial charge in [0.25, 0.3) is 0 Å². The normalized spacial score (nSPS) is 15.8. The van der Waals surface area contributed by atoms with Crippen LogP contribution >= 0.6 is 0 Å². The second kappa shape index (κ2) is 10.3. The number of carbonyl (C=O) groups excluding carboxylic acids is 1. The molecule has 4 N–H and O–H groups in total. The Morgan fingerprint density at radius 1 is 0.976 bits per heavy atom. The minimum Gasteiger partial charge on any atom is -0.384 e. The number of hydrogen-bond acceptors (Lipinski definition) is 6. The summed E-state index contributed by atoms with van der Waals surface area (Å²) in [5, 5.41) is 1.02. The molecule has 208 valence electrons. The fourth-order valence-corrected chi connectivity index (χ4v) is 5.27. The van der Waals surface area contributed by atoms with Crippen molar-refractivity contribution < 1.29 is 22.7 Å². The maximum Gasteiger partial charge on any atom is 0.416 e. The van der Waals surface area contributed by atoms with Gasteiger partial charge in [-0.2, -0.15) is 13.2 Å². The zero-order chi connectivity index (χ0) is 28.7. The number of morpholine rings is 1.